The van der Waals surface area contributed by atoms with Crippen LogP contribution in [0.5, 0.6) is 0 Å². The number of aliphatic hydroxyl groups excluding tert-OH is 1. The van der Waals surface area contributed by atoms with Gasteiger partial charge in [0.25, 0.3) is 0 Å². The van der Waals surface area contributed by atoms with E-state index in [-0.39, 0.29) is 57.5 Å². The van der Waals surface area contributed by atoms with Gasteiger partial charge in [-0.2, -0.15) is 0 Å². The molecular weight excluding hydrogens is 375 g/mol. The van der Waals surface area contributed by atoms with Gasteiger partial charge >= 0.3 is 51.4 Å². The Bertz CT molecular complexity index is 387. The summed E-state index contributed by atoms with van der Waals surface area (Å²) in [5, 5.41) is 8.74. The van der Waals surface area contributed by atoms with Crippen LogP contribution in [0.3, 0.4) is 0 Å². The second-order valence-corrected chi connectivity index (χ2v) is 9.33. The zero-order chi connectivity index (χ0) is 19.0. The van der Waals surface area contributed by atoms with Crippen LogP contribution in [-0.2, 0) is 10.1 Å². The molecule has 26 heavy (non-hydrogen) atoms. The molecule has 152 valence electrons. The minimum atomic E-state index is -4.09. The van der Waals surface area contributed by atoms with Crippen molar-refractivity contribution in [3.05, 3.63) is 0 Å². The predicted octanol–water partition coefficient (Wildman–Crippen LogP) is 2.55. The molecule has 0 aromatic rings. The molecule has 0 spiro atoms. The van der Waals surface area contributed by atoms with Crippen molar-refractivity contribution in [2.75, 3.05) is 0 Å². The molecule has 0 fully saturated rings. The van der Waals surface area contributed by atoms with Crippen molar-refractivity contribution in [3.63, 3.8) is 0 Å². The first-order valence-corrected chi connectivity index (χ1v) is 12.0. The van der Waals surface area contributed by atoms with Crippen LogP contribution >= 0.6 is 0 Å². The maximum absolute atomic E-state index is 10.8. The summed E-state index contributed by atoms with van der Waals surface area (Å²) in [6, 6.07) is 0. The molecule has 0 aromatic heterocycles. The summed E-state index contributed by atoms with van der Waals surface area (Å²) in [6.07, 6.45) is 18.1. The van der Waals surface area contributed by atoms with Gasteiger partial charge in [-0.3, -0.25) is 0 Å². The number of rotatable bonds is 18. The van der Waals surface area contributed by atoms with Gasteiger partial charge in [-0.05, 0) is 26.2 Å². The first-order chi connectivity index (χ1) is 11.9. The molecule has 0 amide bonds. The number of hydrogen-bond donors (Lipinski definition) is 1. The average Bonchev–Trinajstić information content (AvgIpc) is 2.56. The third kappa shape index (κ3) is 20.2. The minimum Gasteiger partial charge on any atom is -0.748 e. The topological polar surface area (TPSA) is 77.4 Å². The van der Waals surface area contributed by atoms with E-state index in [0.29, 0.717) is 6.42 Å². The molecule has 1 N–H and O–H groups in total. The molecular formula is C20H41KO4S. The Hall–Kier alpha value is 1.51. The Morgan fingerprint density at radius 1 is 0.731 bits per heavy atom. The molecule has 4 nitrogen and oxygen atoms in total. The molecule has 2 atom stereocenters. The Kier molecular flexibility index (Phi) is 22.6. The van der Waals surface area contributed by atoms with Crippen molar-refractivity contribution < 1.29 is 69.5 Å². The van der Waals surface area contributed by atoms with Crippen molar-refractivity contribution in [1.29, 1.82) is 0 Å². The van der Waals surface area contributed by atoms with Crippen LogP contribution in [-0.4, -0.2) is 29.4 Å². The molecule has 0 saturated carbocycles. The summed E-state index contributed by atoms with van der Waals surface area (Å²) < 4.78 is 32.3. The monoisotopic (exact) mass is 416 g/mol. The number of hydrogen-bond acceptors (Lipinski definition) is 4. The van der Waals surface area contributed by atoms with E-state index < -0.39 is 15.4 Å². The SMILES string of the molecule is CCC(O)CCCCCCCCCCCCCCCC(C)S(=O)(=O)[O-].[K+]. The molecule has 0 aromatic carbocycles. The summed E-state index contributed by atoms with van der Waals surface area (Å²) in [5.41, 5.74) is 0. The maximum atomic E-state index is 10.8. The van der Waals surface area contributed by atoms with Crippen molar-refractivity contribution in [1.82, 2.24) is 0 Å². The van der Waals surface area contributed by atoms with Gasteiger partial charge in [-0.25, -0.2) is 8.42 Å². The van der Waals surface area contributed by atoms with E-state index in [2.05, 4.69) is 0 Å². The second kappa shape index (κ2) is 19.8. The smallest absolute Gasteiger partial charge is 0.748 e. The summed E-state index contributed by atoms with van der Waals surface area (Å²) in [6.45, 7) is 3.55. The Labute approximate surface area is 205 Å². The van der Waals surface area contributed by atoms with Gasteiger partial charge in [0.15, 0.2) is 0 Å². The molecule has 0 aliphatic rings. The zero-order valence-corrected chi connectivity index (χ0v) is 21.5. The molecule has 6 heteroatoms. The molecule has 2 unspecified atom stereocenters. The van der Waals surface area contributed by atoms with Crippen molar-refractivity contribution in [3.8, 4) is 0 Å². The zero-order valence-electron chi connectivity index (χ0n) is 17.5. The van der Waals surface area contributed by atoms with Crippen LogP contribution in [0.1, 0.15) is 117 Å². The first-order valence-electron chi connectivity index (χ1n) is 10.5. The van der Waals surface area contributed by atoms with E-state index >= 15 is 0 Å². The first kappa shape index (κ1) is 29.7. The van der Waals surface area contributed by atoms with Crippen LogP contribution in [0.25, 0.3) is 0 Å². The fourth-order valence-electron chi connectivity index (χ4n) is 3.10. The number of unbranched alkanes of at least 4 members (excludes halogenated alkanes) is 12. The predicted molar refractivity (Wildman–Crippen MR) is 105 cm³/mol. The molecule has 0 aliphatic heterocycles. The summed E-state index contributed by atoms with van der Waals surface area (Å²) in [4.78, 5) is 0. The van der Waals surface area contributed by atoms with Crippen LogP contribution in [0.4, 0.5) is 0 Å². The fraction of sp³-hybridized carbons (Fsp3) is 1.00. The van der Waals surface area contributed by atoms with Gasteiger partial charge in [0.05, 0.1) is 16.2 Å². The minimum absolute atomic E-state index is 0. The number of aliphatic hydroxyl groups is 1. The van der Waals surface area contributed by atoms with E-state index in [0.717, 1.165) is 38.5 Å². The van der Waals surface area contributed by atoms with Crippen LogP contribution in [0, 0.1) is 0 Å². The van der Waals surface area contributed by atoms with Gasteiger partial charge < -0.3 is 9.66 Å². The van der Waals surface area contributed by atoms with Gasteiger partial charge in [0.2, 0.25) is 0 Å². The molecule has 0 radical (unpaired) electrons. The van der Waals surface area contributed by atoms with E-state index in [1.54, 1.807) is 0 Å². The normalized spacial score (nSPS) is 14.0. The van der Waals surface area contributed by atoms with Crippen LogP contribution in [0.2, 0.25) is 0 Å². The largest absolute Gasteiger partial charge is 1.00 e. The quantitative estimate of drug-likeness (QED) is 0.212. The Morgan fingerprint density at radius 2 is 1.04 bits per heavy atom. The van der Waals surface area contributed by atoms with E-state index in [1.165, 1.54) is 64.7 Å². The summed E-state index contributed by atoms with van der Waals surface area (Å²) in [5.74, 6) is 0. The molecule has 0 aliphatic carbocycles. The summed E-state index contributed by atoms with van der Waals surface area (Å²) in [7, 11) is -4.09. The maximum Gasteiger partial charge on any atom is 1.00 e. The van der Waals surface area contributed by atoms with E-state index in [4.69, 9.17) is 0 Å². The van der Waals surface area contributed by atoms with Gasteiger partial charge in [0, 0.05) is 5.25 Å². The summed E-state index contributed by atoms with van der Waals surface area (Å²) >= 11 is 0. The Balaban J connectivity index is 0. The third-order valence-corrected chi connectivity index (χ3v) is 6.33. The van der Waals surface area contributed by atoms with Gasteiger partial charge in [-0.1, -0.05) is 90.4 Å². The van der Waals surface area contributed by atoms with Crippen LogP contribution < -0.4 is 51.4 Å². The molecule has 0 saturated heterocycles. The van der Waals surface area contributed by atoms with Gasteiger partial charge in [0.1, 0.15) is 0 Å². The standard InChI is InChI=1S/C20H42O4S.K/c1-3-20(21)18-16-14-12-10-8-6-4-5-7-9-11-13-15-17-19(2)25(22,23)24;/h19-21H,3-18H2,1-2H3,(H,22,23,24);/q;+1/p-1. The molecule has 0 rings (SSSR count). The van der Waals surface area contributed by atoms with E-state index in [1.807, 2.05) is 6.92 Å². The average molecular weight is 417 g/mol. The fourth-order valence-corrected chi connectivity index (χ4v) is 3.56. The third-order valence-electron chi connectivity index (χ3n) is 5.11. The van der Waals surface area contributed by atoms with Crippen molar-refractivity contribution in [2.24, 2.45) is 0 Å². The second-order valence-electron chi connectivity index (χ2n) is 7.54. The van der Waals surface area contributed by atoms with E-state index in [9.17, 15) is 18.1 Å². The van der Waals surface area contributed by atoms with Crippen molar-refractivity contribution >= 4 is 10.1 Å². The van der Waals surface area contributed by atoms with Gasteiger partial charge in [-0.15, -0.1) is 0 Å². The van der Waals surface area contributed by atoms with Crippen molar-refractivity contribution in [2.45, 2.75) is 128 Å². The van der Waals surface area contributed by atoms with Crippen LogP contribution in [0.15, 0.2) is 0 Å². The molecule has 0 bridgehead atoms. The molecule has 0 heterocycles. The Morgan fingerprint density at radius 3 is 1.35 bits per heavy atom.